The SMILES string of the molecule is CC1CCCCN1c1ccc2cc3c(cc2c1)oc1c3ccc2c3cc4ccc(N5CCCCC5C)cc4cc3oc21. The average Bonchev–Trinajstić information content (AvgIpc) is 3.56. The summed E-state index contributed by atoms with van der Waals surface area (Å²) in [5.41, 5.74) is 6.14. The molecule has 9 rings (SSSR count). The standard InChI is InChI=1S/C38H36N2O2/c1-23-7-3-5-15-39(23)29-11-9-25-19-33-31-13-14-32-34-20-26-10-12-30(40-16-6-4-8-24(40)2)18-28(26)22-36(34)42-38(32)37(31)41-35(33)21-27(25)17-29/h9-14,17-24H,3-8,15-16H2,1-2H3. The van der Waals surface area contributed by atoms with Crippen molar-refractivity contribution in [2.75, 3.05) is 22.9 Å². The highest BCUT2D eigenvalue weighted by atomic mass is 16.4. The Morgan fingerprint density at radius 3 is 1.43 bits per heavy atom. The van der Waals surface area contributed by atoms with Crippen LogP contribution in [0.5, 0.6) is 0 Å². The number of furan rings is 2. The van der Waals surface area contributed by atoms with E-state index in [4.69, 9.17) is 8.83 Å². The van der Waals surface area contributed by atoms with Gasteiger partial charge in [-0.05, 0) is 135 Å². The molecule has 5 aromatic carbocycles. The van der Waals surface area contributed by atoms with E-state index in [2.05, 4.69) is 96.4 Å². The molecule has 4 nitrogen and oxygen atoms in total. The van der Waals surface area contributed by atoms with Crippen LogP contribution in [0.3, 0.4) is 0 Å². The quantitative estimate of drug-likeness (QED) is 0.214. The average molecular weight is 553 g/mol. The van der Waals surface area contributed by atoms with Crippen LogP contribution in [0, 0.1) is 0 Å². The minimum Gasteiger partial charge on any atom is -0.452 e. The van der Waals surface area contributed by atoms with Crippen molar-refractivity contribution in [2.24, 2.45) is 0 Å². The van der Waals surface area contributed by atoms with E-state index < -0.39 is 0 Å². The number of benzene rings is 5. The fourth-order valence-corrected chi connectivity index (χ4v) is 7.85. The molecule has 0 aliphatic carbocycles. The smallest absolute Gasteiger partial charge is 0.178 e. The van der Waals surface area contributed by atoms with Crippen molar-refractivity contribution >= 4 is 76.8 Å². The number of anilines is 2. The number of fused-ring (bicyclic) bond motifs is 9. The van der Waals surface area contributed by atoms with Gasteiger partial charge in [-0.2, -0.15) is 0 Å². The molecular formula is C38H36N2O2. The van der Waals surface area contributed by atoms with Crippen molar-refractivity contribution in [3.8, 4) is 0 Å². The summed E-state index contributed by atoms with van der Waals surface area (Å²) in [4.78, 5) is 5.12. The van der Waals surface area contributed by atoms with Gasteiger partial charge < -0.3 is 18.6 Å². The third-order valence-electron chi connectivity index (χ3n) is 10.2. The molecular weight excluding hydrogens is 516 g/mol. The van der Waals surface area contributed by atoms with Gasteiger partial charge in [0.05, 0.1) is 0 Å². The van der Waals surface area contributed by atoms with Crippen molar-refractivity contribution in [1.82, 2.24) is 0 Å². The van der Waals surface area contributed by atoms with Crippen LogP contribution in [0.15, 0.2) is 81.6 Å². The van der Waals surface area contributed by atoms with Crippen molar-refractivity contribution in [2.45, 2.75) is 64.5 Å². The van der Waals surface area contributed by atoms with Gasteiger partial charge in [0, 0.05) is 58.1 Å². The second kappa shape index (κ2) is 9.16. The van der Waals surface area contributed by atoms with Gasteiger partial charge in [-0.15, -0.1) is 0 Å². The first kappa shape index (κ1) is 24.4. The third-order valence-corrected chi connectivity index (χ3v) is 10.2. The lowest BCUT2D eigenvalue weighted by Crippen LogP contribution is -2.37. The van der Waals surface area contributed by atoms with E-state index in [1.165, 1.54) is 71.4 Å². The second-order valence-corrected chi connectivity index (χ2v) is 12.9. The van der Waals surface area contributed by atoms with Crippen molar-refractivity contribution in [1.29, 1.82) is 0 Å². The maximum atomic E-state index is 6.60. The molecule has 0 radical (unpaired) electrons. The topological polar surface area (TPSA) is 32.8 Å². The fraction of sp³-hybridized carbons (Fsp3) is 0.316. The molecule has 2 unspecified atom stereocenters. The Balaban J connectivity index is 1.18. The molecule has 2 aliphatic rings. The van der Waals surface area contributed by atoms with Crippen molar-refractivity contribution < 1.29 is 8.83 Å². The molecule has 0 amide bonds. The zero-order chi connectivity index (χ0) is 27.9. The number of nitrogens with zero attached hydrogens (tertiary/aromatic N) is 2. The Morgan fingerprint density at radius 2 is 0.976 bits per heavy atom. The van der Waals surface area contributed by atoms with Crippen LogP contribution in [0.2, 0.25) is 0 Å². The molecule has 2 aromatic heterocycles. The lowest BCUT2D eigenvalue weighted by atomic mass is 10.0. The number of rotatable bonds is 2. The van der Waals surface area contributed by atoms with E-state index >= 15 is 0 Å². The lowest BCUT2D eigenvalue weighted by molar-refractivity contribution is 0.485. The summed E-state index contributed by atoms with van der Waals surface area (Å²) in [6, 6.07) is 28.4. The van der Waals surface area contributed by atoms with Gasteiger partial charge in [0.25, 0.3) is 0 Å². The van der Waals surface area contributed by atoms with E-state index in [1.54, 1.807) is 0 Å². The molecule has 2 aliphatic heterocycles. The Hall–Kier alpha value is -4.18. The van der Waals surface area contributed by atoms with Crippen LogP contribution >= 0.6 is 0 Å². The van der Waals surface area contributed by atoms with Crippen LogP contribution in [0.4, 0.5) is 11.4 Å². The zero-order valence-corrected chi connectivity index (χ0v) is 24.5. The van der Waals surface area contributed by atoms with Crippen LogP contribution in [0.1, 0.15) is 52.4 Å². The summed E-state index contributed by atoms with van der Waals surface area (Å²) < 4.78 is 13.2. The van der Waals surface area contributed by atoms with E-state index in [1.807, 2.05) is 0 Å². The van der Waals surface area contributed by atoms with Crippen molar-refractivity contribution in [3.63, 3.8) is 0 Å². The number of piperidine rings is 2. The van der Waals surface area contributed by atoms with E-state index in [-0.39, 0.29) is 0 Å². The second-order valence-electron chi connectivity index (χ2n) is 12.9. The molecule has 0 saturated carbocycles. The monoisotopic (exact) mass is 552 g/mol. The van der Waals surface area contributed by atoms with Gasteiger partial charge in [0.2, 0.25) is 0 Å². The highest BCUT2D eigenvalue weighted by Gasteiger charge is 2.22. The molecule has 2 saturated heterocycles. The van der Waals surface area contributed by atoms with Gasteiger partial charge in [0.15, 0.2) is 11.2 Å². The van der Waals surface area contributed by atoms with Gasteiger partial charge in [-0.3, -0.25) is 0 Å². The predicted molar refractivity (Wildman–Crippen MR) is 177 cm³/mol. The van der Waals surface area contributed by atoms with Crippen LogP contribution in [-0.2, 0) is 0 Å². The minimum atomic E-state index is 0.587. The Morgan fingerprint density at radius 1 is 0.500 bits per heavy atom. The van der Waals surface area contributed by atoms with Gasteiger partial charge >= 0.3 is 0 Å². The minimum absolute atomic E-state index is 0.587. The summed E-state index contributed by atoms with van der Waals surface area (Å²) in [5.74, 6) is 0. The summed E-state index contributed by atoms with van der Waals surface area (Å²) in [6.07, 6.45) is 7.73. The summed E-state index contributed by atoms with van der Waals surface area (Å²) in [6.45, 7) is 6.97. The first-order valence-corrected chi connectivity index (χ1v) is 15.8. The normalized spacial score (nSPS) is 20.2. The molecule has 2 atom stereocenters. The highest BCUT2D eigenvalue weighted by molar-refractivity contribution is 6.21. The zero-order valence-electron chi connectivity index (χ0n) is 24.5. The summed E-state index contributed by atoms with van der Waals surface area (Å²) >= 11 is 0. The van der Waals surface area contributed by atoms with Crippen LogP contribution < -0.4 is 9.80 Å². The predicted octanol–water partition coefficient (Wildman–Crippen LogP) is 10.5. The maximum Gasteiger partial charge on any atom is 0.178 e. The summed E-state index contributed by atoms with van der Waals surface area (Å²) in [5, 5.41) is 9.44. The van der Waals surface area contributed by atoms with Gasteiger partial charge in [0.1, 0.15) is 11.2 Å². The molecule has 0 bridgehead atoms. The molecule has 4 heterocycles. The number of hydrogen-bond donors (Lipinski definition) is 0. The molecule has 7 aromatic rings. The first-order chi connectivity index (χ1) is 20.6. The van der Waals surface area contributed by atoms with E-state index in [9.17, 15) is 0 Å². The largest absolute Gasteiger partial charge is 0.452 e. The molecule has 2 fully saturated rings. The van der Waals surface area contributed by atoms with E-state index in [0.717, 1.165) is 57.0 Å². The highest BCUT2D eigenvalue weighted by Crippen LogP contribution is 2.41. The Kier molecular flexibility index (Phi) is 5.33. The lowest BCUT2D eigenvalue weighted by Gasteiger charge is -2.35. The van der Waals surface area contributed by atoms with Crippen molar-refractivity contribution in [3.05, 3.63) is 72.8 Å². The van der Waals surface area contributed by atoms with E-state index in [0.29, 0.717) is 12.1 Å². The molecule has 42 heavy (non-hydrogen) atoms. The van der Waals surface area contributed by atoms with Crippen LogP contribution in [-0.4, -0.2) is 25.2 Å². The third kappa shape index (κ3) is 3.67. The van der Waals surface area contributed by atoms with Crippen LogP contribution in [0.25, 0.3) is 65.4 Å². The summed E-state index contributed by atoms with van der Waals surface area (Å²) in [7, 11) is 0. The number of hydrogen-bond acceptors (Lipinski definition) is 4. The van der Waals surface area contributed by atoms with Gasteiger partial charge in [-0.1, -0.05) is 12.1 Å². The molecule has 210 valence electrons. The fourth-order valence-electron chi connectivity index (χ4n) is 7.85. The molecule has 0 N–H and O–H groups in total. The maximum absolute atomic E-state index is 6.60. The Labute approximate surface area is 245 Å². The Bertz CT molecular complexity index is 2010. The molecule has 4 heteroatoms. The molecule has 0 spiro atoms. The first-order valence-electron chi connectivity index (χ1n) is 15.8. The van der Waals surface area contributed by atoms with Gasteiger partial charge in [-0.25, -0.2) is 0 Å².